The van der Waals surface area contributed by atoms with Gasteiger partial charge in [0.25, 0.3) is 0 Å². The van der Waals surface area contributed by atoms with Gasteiger partial charge in [0.05, 0.1) is 7.11 Å². The van der Waals surface area contributed by atoms with Gasteiger partial charge >= 0.3 is 5.97 Å². The highest BCUT2D eigenvalue weighted by atomic mass is 32.1. The summed E-state index contributed by atoms with van der Waals surface area (Å²) in [7, 11) is 5.59. The second kappa shape index (κ2) is 5.24. The number of carbonyl (C=O) groups is 1. The third-order valence-corrected chi connectivity index (χ3v) is 4.50. The Hall–Kier alpha value is -1.14. The summed E-state index contributed by atoms with van der Waals surface area (Å²) >= 11 is 1.44. The highest BCUT2D eigenvalue weighted by Crippen LogP contribution is 2.36. The van der Waals surface area contributed by atoms with Gasteiger partial charge in [-0.15, -0.1) is 11.3 Å². The van der Waals surface area contributed by atoms with Gasteiger partial charge in [0.1, 0.15) is 0 Å². The van der Waals surface area contributed by atoms with E-state index in [-0.39, 0.29) is 11.5 Å². The third-order valence-electron chi connectivity index (χ3n) is 3.70. The fourth-order valence-corrected chi connectivity index (χ4v) is 2.84. The van der Waals surface area contributed by atoms with Gasteiger partial charge in [-0.1, -0.05) is 0 Å². The Labute approximate surface area is 111 Å². The standard InChI is InChI=1S/C12H19N3O2S/c1-15(2)12(5-4-6-12)8-13-11-14-9(7-18-11)10(16)17-3/h7H,4-6,8H2,1-3H3,(H,13,14). The van der Waals surface area contributed by atoms with E-state index < -0.39 is 0 Å². The molecule has 18 heavy (non-hydrogen) atoms. The van der Waals surface area contributed by atoms with E-state index >= 15 is 0 Å². The maximum atomic E-state index is 11.3. The molecule has 100 valence electrons. The maximum absolute atomic E-state index is 11.3. The Kier molecular flexibility index (Phi) is 3.87. The molecule has 1 aromatic rings. The van der Waals surface area contributed by atoms with Crippen molar-refractivity contribution in [2.24, 2.45) is 0 Å². The van der Waals surface area contributed by atoms with Crippen molar-refractivity contribution in [2.75, 3.05) is 33.1 Å². The molecule has 5 nitrogen and oxygen atoms in total. The molecule has 0 atom stereocenters. The lowest BCUT2D eigenvalue weighted by Gasteiger charge is -2.47. The van der Waals surface area contributed by atoms with E-state index in [0.29, 0.717) is 5.69 Å². The van der Waals surface area contributed by atoms with Crippen LogP contribution in [-0.4, -0.2) is 49.1 Å². The zero-order chi connectivity index (χ0) is 13.2. The topological polar surface area (TPSA) is 54.5 Å². The van der Waals surface area contributed by atoms with Crippen LogP contribution < -0.4 is 5.32 Å². The molecular weight excluding hydrogens is 250 g/mol. The van der Waals surface area contributed by atoms with E-state index in [4.69, 9.17) is 0 Å². The van der Waals surface area contributed by atoms with Crippen LogP contribution in [0.3, 0.4) is 0 Å². The van der Waals surface area contributed by atoms with Gasteiger partial charge in [-0.05, 0) is 33.4 Å². The minimum atomic E-state index is -0.384. The molecule has 1 aliphatic rings. The monoisotopic (exact) mass is 269 g/mol. The molecule has 1 fully saturated rings. The fraction of sp³-hybridized carbons (Fsp3) is 0.667. The highest BCUT2D eigenvalue weighted by Gasteiger charge is 2.38. The SMILES string of the molecule is COC(=O)c1csc(NCC2(N(C)C)CCC2)n1. The molecule has 1 heterocycles. The van der Waals surface area contributed by atoms with E-state index in [9.17, 15) is 4.79 Å². The number of ether oxygens (including phenoxy) is 1. The molecule has 0 aliphatic heterocycles. The smallest absolute Gasteiger partial charge is 0.357 e. The summed E-state index contributed by atoms with van der Waals surface area (Å²) in [6, 6.07) is 0. The number of nitrogens with one attached hydrogen (secondary N) is 1. The van der Waals surface area contributed by atoms with Crippen LogP contribution in [0.1, 0.15) is 29.8 Å². The van der Waals surface area contributed by atoms with Crippen LogP contribution in [0.4, 0.5) is 5.13 Å². The first-order valence-corrected chi connectivity index (χ1v) is 6.90. The number of carbonyl (C=O) groups excluding carboxylic acids is 1. The molecule has 0 saturated heterocycles. The molecule has 1 N–H and O–H groups in total. The van der Waals surface area contributed by atoms with Gasteiger partial charge in [0, 0.05) is 17.5 Å². The summed E-state index contributed by atoms with van der Waals surface area (Å²) in [5.74, 6) is -0.384. The van der Waals surface area contributed by atoms with Crippen molar-refractivity contribution in [1.29, 1.82) is 0 Å². The van der Waals surface area contributed by atoms with Crippen LogP contribution in [0.5, 0.6) is 0 Å². The van der Waals surface area contributed by atoms with E-state index in [0.717, 1.165) is 11.7 Å². The Morgan fingerprint density at radius 2 is 2.33 bits per heavy atom. The molecule has 0 bridgehead atoms. The van der Waals surface area contributed by atoms with Crippen LogP contribution in [0.2, 0.25) is 0 Å². The zero-order valence-electron chi connectivity index (χ0n) is 11.0. The highest BCUT2D eigenvalue weighted by molar-refractivity contribution is 7.13. The van der Waals surface area contributed by atoms with Crippen molar-refractivity contribution in [2.45, 2.75) is 24.8 Å². The van der Waals surface area contributed by atoms with E-state index in [1.165, 1.54) is 37.7 Å². The average molecular weight is 269 g/mol. The molecular formula is C12H19N3O2S. The molecule has 0 spiro atoms. The van der Waals surface area contributed by atoms with Gasteiger partial charge in [0.2, 0.25) is 0 Å². The number of aromatic nitrogens is 1. The number of nitrogens with zero attached hydrogens (tertiary/aromatic N) is 2. The van der Waals surface area contributed by atoms with Gasteiger partial charge in [0.15, 0.2) is 10.8 Å². The molecule has 0 aromatic carbocycles. The van der Waals surface area contributed by atoms with Gasteiger partial charge in [-0.2, -0.15) is 0 Å². The van der Waals surface area contributed by atoms with Gasteiger partial charge < -0.3 is 15.0 Å². The normalized spacial score (nSPS) is 17.3. The van der Waals surface area contributed by atoms with Crippen molar-refractivity contribution in [3.8, 4) is 0 Å². The second-order valence-corrected chi connectivity index (χ2v) is 5.71. The van der Waals surface area contributed by atoms with E-state index in [1.807, 2.05) is 0 Å². The van der Waals surface area contributed by atoms with Gasteiger partial charge in [-0.25, -0.2) is 9.78 Å². The molecule has 0 unspecified atom stereocenters. The number of rotatable bonds is 5. The van der Waals surface area contributed by atoms with Crippen LogP contribution in [0.15, 0.2) is 5.38 Å². The molecule has 1 aliphatic carbocycles. The Bertz CT molecular complexity index is 427. The van der Waals surface area contributed by atoms with Gasteiger partial charge in [-0.3, -0.25) is 0 Å². The molecule has 6 heteroatoms. The fourth-order valence-electron chi connectivity index (χ4n) is 2.16. The predicted octanol–water partition coefficient (Wildman–Crippen LogP) is 1.83. The summed E-state index contributed by atoms with van der Waals surface area (Å²) in [6.07, 6.45) is 3.70. The molecule has 0 radical (unpaired) electrons. The number of thiazole rings is 1. The van der Waals surface area contributed by atoms with Crippen molar-refractivity contribution >= 4 is 22.4 Å². The minimum Gasteiger partial charge on any atom is -0.464 e. The first-order valence-electron chi connectivity index (χ1n) is 6.02. The largest absolute Gasteiger partial charge is 0.464 e. The Morgan fingerprint density at radius 1 is 1.61 bits per heavy atom. The average Bonchev–Trinajstić information content (AvgIpc) is 2.75. The number of hydrogen-bond donors (Lipinski definition) is 1. The lowest BCUT2D eigenvalue weighted by molar-refractivity contribution is 0.0595. The number of esters is 1. The third kappa shape index (κ3) is 2.49. The lowest BCUT2D eigenvalue weighted by atomic mass is 9.75. The predicted molar refractivity (Wildman–Crippen MR) is 72.2 cm³/mol. The molecule has 0 amide bonds. The van der Waals surface area contributed by atoms with E-state index in [2.05, 4.69) is 34.0 Å². The first kappa shape index (κ1) is 13.3. The summed E-state index contributed by atoms with van der Waals surface area (Å²) in [4.78, 5) is 17.8. The lowest BCUT2D eigenvalue weighted by Crippen LogP contribution is -2.54. The second-order valence-electron chi connectivity index (χ2n) is 4.86. The number of hydrogen-bond acceptors (Lipinski definition) is 6. The molecule has 2 rings (SSSR count). The summed E-state index contributed by atoms with van der Waals surface area (Å²) in [5.41, 5.74) is 0.620. The first-order chi connectivity index (χ1) is 8.57. The van der Waals surface area contributed by atoms with Crippen LogP contribution >= 0.6 is 11.3 Å². The quantitative estimate of drug-likeness (QED) is 0.826. The van der Waals surface area contributed by atoms with E-state index in [1.54, 1.807) is 5.38 Å². The Balaban J connectivity index is 1.94. The molecule has 1 saturated carbocycles. The minimum absolute atomic E-state index is 0.247. The molecule has 1 aromatic heterocycles. The number of likely N-dealkylation sites (N-methyl/N-ethyl adjacent to an activating group) is 1. The van der Waals surface area contributed by atoms with Crippen LogP contribution in [0, 0.1) is 0 Å². The summed E-state index contributed by atoms with van der Waals surface area (Å²) < 4.78 is 4.63. The van der Waals surface area contributed by atoms with Crippen molar-refractivity contribution < 1.29 is 9.53 Å². The maximum Gasteiger partial charge on any atom is 0.357 e. The Morgan fingerprint density at radius 3 is 2.83 bits per heavy atom. The number of methoxy groups -OCH3 is 1. The van der Waals surface area contributed by atoms with Crippen molar-refractivity contribution in [3.05, 3.63) is 11.1 Å². The van der Waals surface area contributed by atoms with Crippen LogP contribution in [0.25, 0.3) is 0 Å². The van der Waals surface area contributed by atoms with Crippen LogP contribution in [-0.2, 0) is 4.74 Å². The zero-order valence-corrected chi connectivity index (χ0v) is 11.8. The number of anilines is 1. The van der Waals surface area contributed by atoms with Crippen molar-refractivity contribution in [3.63, 3.8) is 0 Å². The summed E-state index contributed by atoms with van der Waals surface area (Å²) in [6.45, 7) is 0.869. The van der Waals surface area contributed by atoms with Crippen molar-refractivity contribution in [1.82, 2.24) is 9.88 Å². The summed E-state index contributed by atoms with van der Waals surface area (Å²) in [5, 5.41) is 5.83.